The molecule has 0 fully saturated rings. The van der Waals surface area contributed by atoms with Gasteiger partial charge in [0.25, 0.3) is 0 Å². The number of carbonyl (C=O) groups is 1. The molecule has 0 saturated carbocycles. The van der Waals surface area contributed by atoms with E-state index in [1.165, 1.54) is 32.1 Å². The van der Waals surface area contributed by atoms with Gasteiger partial charge in [-0.15, -0.1) is 0 Å². The van der Waals surface area contributed by atoms with Crippen molar-refractivity contribution in [1.29, 1.82) is 0 Å². The van der Waals surface area contributed by atoms with Crippen molar-refractivity contribution in [3.63, 3.8) is 0 Å². The van der Waals surface area contributed by atoms with E-state index in [4.69, 9.17) is 14.9 Å². The molecule has 0 aromatic rings. The first-order chi connectivity index (χ1) is 10.5. The van der Waals surface area contributed by atoms with Crippen molar-refractivity contribution in [2.75, 3.05) is 13.2 Å². The zero-order valence-electron chi connectivity index (χ0n) is 13.6. The summed E-state index contributed by atoms with van der Waals surface area (Å²) in [5, 5.41) is 36.6. The number of esters is 1. The number of aliphatic hydroxyl groups excluding tert-OH is 4. The number of aliphatic hydroxyl groups is 4. The summed E-state index contributed by atoms with van der Waals surface area (Å²) in [6, 6.07) is 0. The number of rotatable bonds is 14. The standard InChI is InChI=1S/C16H32O6/c1-2-3-4-5-6-7-8-9-10-15(20)22-12-14(19)16(21)13(18)11-17/h13-14,16-19,21H,2-12H2,1H3/t13-,14+,16+/m1/s1. The predicted octanol–water partition coefficient (Wildman–Crippen LogP) is 1.14. The molecule has 0 heterocycles. The Labute approximate surface area is 133 Å². The topological polar surface area (TPSA) is 107 Å². The smallest absolute Gasteiger partial charge is 0.305 e. The molecule has 0 saturated heterocycles. The highest BCUT2D eigenvalue weighted by molar-refractivity contribution is 5.69. The Bertz CT molecular complexity index is 271. The lowest BCUT2D eigenvalue weighted by Gasteiger charge is -2.21. The molecule has 0 aliphatic rings. The number of carbonyl (C=O) groups excluding carboxylic acids is 1. The Morgan fingerprint density at radius 1 is 0.909 bits per heavy atom. The molecule has 22 heavy (non-hydrogen) atoms. The van der Waals surface area contributed by atoms with Crippen molar-refractivity contribution >= 4 is 5.97 Å². The fourth-order valence-electron chi connectivity index (χ4n) is 2.12. The van der Waals surface area contributed by atoms with E-state index in [2.05, 4.69) is 6.92 Å². The fourth-order valence-corrected chi connectivity index (χ4v) is 2.12. The first-order valence-corrected chi connectivity index (χ1v) is 8.33. The molecule has 0 aromatic heterocycles. The van der Waals surface area contributed by atoms with Crippen molar-refractivity contribution in [2.45, 2.75) is 83.0 Å². The molecule has 0 rings (SSSR count). The van der Waals surface area contributed by atoms with Gasteiger partial charge >= 0.3 is 5.97 Å². The van der Waals surface area contributed by atoms with E-state index in [-0.39, 0.29) is 6.61 Å². The first-order valence-electron chi connectivity index (χ1n) is 8.33. The molecule has 0 aliphatic heterocycles. The highest BCUT2D eigenvalue weighted by atomic mass is 16.5. The molecule has 0 amide bonds. The zero-order chi connectivity index (χ0) is 16.8. The van der Waals surface area contributed by atoms with Crippen LogP contribution in [-0.2, 0) is 9.53 Å². The quantitative estimate of drug-likeness (QED) is 0.282. The molecule has 0 bridgehead atoms. The molecule has 6 heteroatoms. The Morgan fingerprint density at radius 2 is 1.45 bits per heavy atom. The summed E-state index contributed by atoms with van der Waals surface area (Å²) in [6.45, 7) is 1.14. The van der Waals surface area contributed by atoms with Gasteiger partial charge < -0.3 is 25.2 Å². The molecular weight excluding hydrogens is 288 g/mol. The van der Waals surface area contributed by atoms with E-state index >= 15 is 0 Å². The Morgan fingerprint density at radius 3 is 2.00 bits per heavy atom. The van der Waals surface area contributed by atoms with Crippen LogP contribution in [-0.4, -0.2) is 57.9 Å². The van der Waals surface area contributed by atoms with Crippen molar-refractivity contribution in [3.8, 4) is 0 Å². The van der Waals surface area contributed by atoms with Gasteiger partial charge in [-0.2, -0.15) is 0 Å². The van der Waals surface area contributed by atoms with Gasteiger partial charge in [0.15, 0.2) is 0 Å². The second-order valence-electron chi connectivity index (χ2n) is 5.72. The molecule has 0 radical (unpaired) electrons. The van der Waals surface area contributed by atoms with Gasteiger partial charge in [0.05, 0.1) is 6.61 Å². The second-order valence-corrected chi connectivity index (χ2v) is 5.72. The van der Waals surface area contributed by atoms with Crippen LogP contribution in [0.25, 0.3) is 0 Å². The average molecular weight is 320 g/mol. The molecule has 3 atom stereocenters. The normalized spacial score (nSPS) is 15.3. The van der Waals surface area contributed by atoms with Gasteiger partial charge in [0.2, 0.25) is 0 Å². The minimum atomic E-state index is -1.53. The Balaban J connectivity index is 3.54. The van der Waals surface area contributed by atoms with Gasteiger partial charge in [-0.05, 0) is 6.42 Å². The third kappa shape index (κ3) is 11.0. The van der Waals surface area contributed by atoms with Crippen LogP contribution in [0.3, 0.4) is 0 Å². The van der Waals surface area contributed by atoms with Crippen LogP contribution in [0.1, 0.15) is 64.7 Å². The highest BCUT2D eigenvalue weighted by Crippen LogP contribution is 2.10. The van der Waals surface area contributed by atoms with Crippen LogP contribution in [0.2, 0.25) is 0 Å². The summed E-state index contributed by atoms with van der Waals surface area (Å²) in [6.07, 6.45) is 5.01. The van der Waals surface area contributed by atoms with Crippen LogP contribution < -0.4 is 0 Å². The van der Waals surface area contributed by atoms with Crippen molar-refractivity contribution in [3.05, 3.63) is 0 Å². The molecule has 132 valence electrons. The summed E-state index contributed by atoms with van der Waals surface area (Å²) in [4.78, 5) is 11.5. The summed E-state index contributed by atoms with van der Waals surface area (Å²) in [5.41, 5.74) is 0. The van der Waals surface area contributed by atoms with E-state index in [0.717, 1.165) is 19.3 Å². The van der Waals surface area contributed by atoms with Crippen LogP contribution >= 0.6 is 0 Å². The fraction of sp³-hybridized carbons (Fsp3) is 0.938. The molecule has 0 aromatic carbocycles. The zero-order valence-corrected chi connectivity index (χ0v) is 13.6. The number of unbranched alkanes of at least 4 members (excludes halogenated alkanes) is 7. The maximum atomic E-state index is 11.5. The van der Waals surface area contributed by atoms with Gasteiger partial charge in [-0.3, -0.25) is 4.79 Å². The third-order valence-corrected chi connectivity index (χ3v) is 3.63. The lowest BCUT2D eigenvalue weighted by molar-refractivity contribution is -0.152. The maximum Gasteiger partial charge on any atom is 0.305 e. The monoisotopic (exact) mass is 320 g/mol. The lowest BCUT2D eigenvalue weighted by Crippen LogP contribution is -2.42. The molecule has 0 aliphatic carbocycles. The number of hydrogen-bond acceptors (Lipinski definition) is 6. The van der Waals surface area contributed by atoms with Crippen LogP contribution in [0, 0.1) is 0 Å². The maximum absolute atomic E-state index is 11.5. The summed E-state index contributed by atoms with van der Waals surface area (Å²) in [7, 11) is 0. The van der Waals surface area contributed by atoms with Crippen molar-refractivity contribution < 1.29 is 30.0 Å². The average Bonchev–Trinajstić information content (AvgIpc) is 2.53. The molecule has 0 spiro atoms. The molecular formula is C16H32O6. The van der Waals surface area contributed by atoms with Gasteiger partial charge in [-0.25, -0.2) is 0 Å². The summed E-state index contributed by atoms with van der Waals surface area (Å²) >= 11 is 0. The largest absolute Gasteiger partial charge is 0.463 e. The molecule has 0 unspecified atom stereocenters. The Hall–Kier alpha value is -0.690. The van der Waals surface area contributed by atoms with E-state index < -0.39 is 30.9 Å². The molecule has 4 N–H and O–H groups in total. The molecule has 6 nitrogen and oxygen atoms in total. The van der Waals surface area contributed by atoms with E-state index in [1.54, 1.807) is 0 Å². The Kier molecular flexibility index (Phi) is 13.5. The first kappa shape index (κ1) is 21.3. The van der Waals surface area contributed by atoms with E-state index in [0.29, 0.717) is 6.42 Å². The highest BCUT2D eigenvalue weighted by Gasteiger charge is 2.25. The van der Waals surface area contributed by atoms with Crippen molar-refractivity contribution in [2.24, 2.45) is 0 Å². The minimum Gasteiger partial charge on any atom is -0.463 e. The van der Waals surface area contributed by atoms with Gasteiger partial charge in [-0.1, -0.05) is 51.9 Å². The predicted molar refractivity (Wildman–Crippen MR) is 83.3 cm³/mol. The SMILES string of the molecule is CCCCCCCCCCC(=O)OC[C@H](O)[C@@H](O)[C@H](O)CO. The summed E-state index contributed by atoms with van der Waals surface area (Å²) < 4.78 is 4.84. The second kappa shape index (κ2) is 13.9. The number of hydrogen-bond donors (Lipinski definition) is 4. The summed E-state index contributed by atoms with van der Waals surface area (Å²) in [5.74, 6) is -0.421. The minimum absolute atomic E-state index is 0.292. The van der Waals surface area contributed by atoms with E-state index in [1.807, 2.05) is 0 Å². The lowest BCUT2D eigenvalue weighted by atomic mass is 10.1. The van der Waals surface area contributed by atoms with Gasteiger partial charge in [0, 0.05) is 6.42 Å². The van der Waals surface area contributed by atoms with Crippen LogP contribution in [0.4, 0.5) is 0 Å². The van der Waals surface area contributed by atoms with Crippen LogP contribution in [0.5, 0.6) is 0 Å². The van der Waals surface area contributed by atoms with Gasteiger partial charge in [0.1, 0.15) is 24.9 Å². The van der Waals surface area contributed by atoms with E-state index in [9.17, 15) is 15.0 Å². The van der Waals surface area contributed by atoms with Crippen LogP contribution in [0.15, 0.2) is 0 Å². The number of ether oxygens (including phenoxy) is 1. The van der Waals surface area contributed by atoms with Crippen molar-refractivity contribution in [1.82, 2.24) is 0 Å². The third-order valence-electron chi connectivity index (χ3n) is 3.63.